The van der Waals surface area contributed by atoms with Gasteiger partial charge in [-0.2, -0.15) is 0 Å². The Balaban J connectivity index is 2.41. The lowest BCUT2D eigenvalue weighted by molar-refractivity contribution is 0.0897. The van der Waals surface area contributed by atoms with Gasteiger partial charge in [0.1, 0.15) is 0 Å². The number of allylic oxidation sites excluding steroid dienone is 1. The fraction of sp³-hybridized carbons (Fsp3) is 0.429. The summed E-state index contributed by atoms with van der Waals surface area (Å²) in [6, 6.07) is 10.0. The summed E-state index contributed by atoms with van der Waals surface area (Å²) >= 11 is 0. The van der Waals surface area contributed by atoms with E-state index in [4.69, 9.17) is 0 Å². The van der Waals surface area contributed by atoms with Crippen molar-refractivity contribution in [3.05, 3.63) is 42.0 Å². The normalized spacial score (nSPS) is 19.2. The second kappa shape index (κ2) is 4.81. The zero-order chi connectivity index (χ0) is 11.4. The van der Waals surface area contributed by atoms with E-state index in [2.05, 4.69) is 6.08 Å². The van der Waals surface area contributed by atoms with E-state index in [0.29, 0.717) is 0 Å². The topological polar surface area (TPSA) is 40.5 Å². The molecule has 1 aromatic rings. The molecule has 86 valence electrons. The molecule has 1 aliphatic carbocycles. The molecular weight excluding hydrogens is 200 g/mol. The van der Waals surface area contributed by atoms with Crippen LogP contribution in [0.5, 0.6) is 0 Å². The molecule has 2 heteroatoms. The number of hydrogen-bond donors (Lipinski definition) is 2. The van der Waals surface area contributed by atoms with Gasteiger partial charge in [-0.15, -0.1) is 0 Å². The zero-order valence-electron chi connectivity index (χ0n) is 9.39. The lowest BCUT2D eigenvalue weighted by Gasteiger charge is -2.36. The maximum atomic E-state index is 9.57. The minimum Gasteiger partial charge on any atom is -0.395 e. The van der Waals surface area contributed by atoms with Gasteiger partial charge in [-0.1, -0.05) is 36.4 Å². The summed E-state index contributed by atoms with van der Waals surface area (Å²) in [5, 5.41) is 19.1. The average Bonchev–Trinajstić information content (AvgIpc) is 2.39. The monoisotopic (exact) mass is 218 g/mol. The first-order valence-corrected chi connectivity index (χ1v) is 5.80. The van der Waals surface area contributed by atoms with Crippen LogP contribution < -0.4 is 0 Å². The average molecular weight is 218 g/mol. The van der Waals surface area contributed by atoms with E-state index in [0.717, 1.165) is 30.4 Å². The van der Waals surface area contributed by atoms with Gasteiger partial charge >= 0.3 is 0 Å². The van der Waals surface area contributed by atoms with Crippen LogP contribution in [-0.2, 0) is 0 Å². The highest BCUT2D eigenvalue weighted by Crippen LogP contribution is 2.42. The second-order valence-electron chi connectivity index (χ2n) is 4.47. The van der Waals surface area contributed by atoms with Crippen LogP contribution in [0.4, 0.5) is 0 Å². The molecule has 0 fully saturated rings. The van der Waals surface area contributed by atoms with E-state index in [-0.39, 0.29) is 13.2 Å². The molecule has 0 unspecified atom stereocenters. The molecule has 0 aromatic heterocycles. The summed E-state index contributed by atoms with van der Waals surface area (Å²) in [7, 11) is 0. The molecule has 16 heavy (non-hydrogen) atoms. The Morgan fingerprint density at radius 3 is 2.38 bits per heavy atom. The maximum Gasteiger partial charge on any atom is 0.0550 e. The Morgan fingerprint density at radius 1 is 1.06 bits per heavy atom. The third-order valence-electron chi connectivity index (χ3n) is 3.47. The highest BCUT2D eigenvalue weighted by molar-refractivity contribution is 5.71. The first-order valence-electron chi connectivity index (χ1n) is 5.80. The Hall–Kier alpha value is -1.12. The van der Waals surface area contributed by atoms with Crippen molar-refractivity contribution < 1.29 is 10.2 Å². The summed E-state index contributed by atoms with van der Waals surface area (Å²) < 4.78 is 0. The molecule has 2 N–H and O–H groups in total. The van der Waals surface area contributed by atoms with Gasteiger partial charge in [0.25, 0.3) is 0 Å². The van der Waals surface area contributed by atoms with Crippen molar-refractivity contribution in [1.29, 1.82) is 0 Å². The first-order chi connectivity index (χ1) is 7.82. The Morgan fingerprint density at radius 2 is 1.75 bits per heavy atom. The van der Waals surface area contributed by atoms with Crippen LogP contribution in [0.1, 0.15) is 24.8 Å². The lowest BCUT2D eigenvalue weighted by Crippen LogP contribution is -2.33. The molecule has 0 bridgehead atoms. The number of aliphatic hydroxyl groups excluding tert-OH is 2. The van der Waals surface area contributed by atoms with E-state index in [1.807, 2.05) is 30.3 Å². The molecule has 0 amide bonds. The molecule has 1 aliphatic rings. The van der Waals surface area contributed by atoms with Gasteiger partial charge in [-0.05, 0) is 30.4 Å². The molecule has 0 spiro atoms. The Bertz CT molecular complexity index is 364. The summed E-state index contributed by atoms with van der Waals surface area (Å²) in [4.78, 5) is 0. The summed E-state index contributed by atoms with van der Waals surface area (Å²) in [6.45, 7) is 0.0362. The molecule has 0 radical (unpaired) electrons. The largest absolute Gasteiger partial charge is 0.395 e. The number of aliphatic hydroxyl groups is 2. The van der Waals surface area contributed by atoms with Gasteiger partial charge in [0.2, 0.25) is 0 Å². The fourth-order valence-electron chi connectivity index (χ4n) is 2.46. The van der Waals surface area contributed by atoms with E-state index < -0.39 is 5.41 Å². The van der Waals surface area contributed by atoms with E-state index in [1.54, 1.807) is 0 Å². The highest BCUT2D eigenvalue weighted by atomic mass is 16.3. The SMILES string of the molecule is OCC1(CO)CCCC=C1c1ccccc1. The molecular formula is C14H18O2. The standard InChI is InChI=1S/C14H18O2/c15-10-14(11-16)9-5-4-8-13(14)12-6-2-1-3-7-12/h1-3,6-8,15-16H,4-5,9-11H2. The molecule has 0 aliphatic heterocycles. The third kappa shape index (κ3) is 1.91. The lowest BCUT2D eigenvalue weighted by atomic mass is 9.71. The van der Waals surface area contributed by atoms with Crippen LogP contribution in [0.2, 0.25) is 0 Å². The second-order valence-corrected chi connectivity index (χ2v) is 4.47. The fourth-order valence-corrected chi connectivity index (χ4v) is 2.46. The van der Waals surface area contributed by atoms with Crippen LogP contribution in [0.15, 0.2) is 36.4 Å². The van der Waals surface area contributed by atoms with E-state index >= 15 is 0 Å². The molecule has 0 heterocycles. The van der Waals surface area contributed by atoms with Gasteiger partial charge in [-0.25, -0.2) is 0 Å². The van der Waals surface area contributed by atoms with Crippen LogP contribution in [-0.4, -0.2) is 23.4 Å². The number of hydrogen-bond acceptors (Lipinski definition) is 2. The van der Waals surface area contributed by atoms with Crippen molar-refractivity contribution >= 4 is 5.57 Å². The van der Waals surface area contributed by atoms with Crippen molar-refractivity contribution in [2.24, 2.45) is 5.41 Å². The Kier molecular flexibility index (Phi) is 3.42. The van der Waals surface area contributed by atoms with Crippen LogP contribution in [0.25, 0.3) is 5.57 Å². The summed E-state index contributed by atoms with van der Waals surface area (Å²) in [5.41, 5.74) is 1.77. The van der Waals surface area contributed by atoms with Gasteiger partial charge in [-0.3, -0.25) is 0 Å². The minimum atomic E-state index is -0.445. The quantitative estimate of drug-likeness (QED) is 0.816. The molecule has 1 aromatic carbocycles. The summed E-state index contributed by atoms with van der Waals surface area (Å²) in [5.74, 6) is 0. The molecule has 2 rings (SSSR count). The van der Waals surface area contributed by atoms with Crippen molar-refractivity contribution in [3.63, 3.8) is 0 Å². The van der Waals surface area contributed by atoms with Crippen molar-refractivity contribution in [1.82, 2.24) is 0 Å². The maximum absolute atomic E-state index is 9.57. The number of rotatable bonds is 3. The Labute approximate surface area is 96.2 Å². The zero-order valence-corrected chi connectivity index (χ0v) is 9.39. The van der Waals surface area contributed by atoms with Gasteiger partial charge in [0.15, 0.2) is 0 Å². The van der Waals surface area contributed by atoms with Gasteiger partial charge in [0, 0.05) is 5.41 Å². The van der Waals surface area contributed by atoms with Crippen LogP contribution in [0, 0.1) is 5.41 Å². The van der Waals surface area contributed by atoms with E-state index in [1.165, 1.54) is 0 Å². The minimum absolute atomic E-state index is 0.0181. The van der Waals surface area contributed by atoms with Gasteiger partial charge < -0.3 is 10.2 Å². The third-order valence-corrected chi connectivity index (χ3v) is 3.47. The van der Waals surface area contributed by atoms with Crippen LogP contribution >= 0.6 is 0 Å². The molecule has 2 nitrogen and oxygen atoms in total. The molecule has 0 saturated heterocycles. The van der Waals surface area contributed by atoms with Crippen molar-refractivity contribution in [2.45, 2.75) is 19.3 Å². The van der Waals surface area contributed by atoms with Gasteiger partial charge in [0.05, 0.1) is 13.2 Å². The predicted octanol–water partition coefficient (Wildman–Crippen LogP) is 2.22. The molecule has 0 atom stereocenters. The van der Waals surface area contributed by atoms with Crippen LogP contribution in [0.3, 0.4) is 0 Å². The smallest absolute Gasteiger partial charge is 0.0550 e. The molecule has 0 saturated carbocycles. The van der Waals surface area contributed by atoms with Crippen molar-refractivity contribution in [3.8, 4) is 0 Å². The predicted molar refractivity (Wildman–Crippen MR) is 64.9 cm³/mol. The number of benzene rings is 1. The first kappa shape index (κ1) is 11.4. The highest BCUT2D eigenvalue weighted by Gasteiger charge is 2.35. The van der Waals surface area contributed by atoms with E-state index in [9.17, 15) is 10.2 Å². The summed E-state index contributed by atoms with van der Waals surface area (Å²) in [6.07, 6.45) is 5.09. The van der Waals surface area contributed by atoms with Crippen molar-refractivity contribution in [2.75, 3.05) is 13.2 Å².